The van der Waals surface area contributed by atoms with Crippen molar-refractivity contribution in [2.75, 3.05) is 45.9 Å². The van der Waals surface area contributed by atoms with E-state index in [0.29, 0.717) is 13.2 Å². The molecular formula is C20H31N3O2. The van der Waals surface area contributed by atoms with Crippen LogP contribution in [0.1, 0.15) is 20.3 Å². The monoisotopic (exact) mass is 345 g/mol. The van der Waals surface area contributed by atoms with E-state index in [4.69, 9.17) is 4.74 Å². The SMILES string of the molecule is CC(C)CCN1CCN(CC(O)COc2cccc3[nH]ccc23)CC1. The minimum Gasteiger partial charge on any atom is -0.490 e. The highest BCUT2D eigenvalue weighted by Gasteiger charge is 2.19. The van der Waals surface area contributed by atoms with E-state index < -0.39 is 6.10 Å². The highest BCUT2D eigenvalue weighted by molar-refractivity contribution is 5.85. The first-order valence-corrected chi connectivity index (χ1v) is 9.43. The number of β-amino-alcohol motifs (C(OH)–C–C–N with tert-alkyl or cyclic N) is 1. The summed E-state index contributed by atoms with van der Waals surface area (Å²) in [7, 11) is 0. The summed E-state index contributed by atoms with van der Waals surface area (Å²) in [6, 6.07) is 7.96. The lowest BCUT2D eigenvalue weighted by Crippen LogP contribution is -2.49. The smallest absolute Gasteiger partial charge is 0.128 e. The fraction of sp³-hybridized carbons (Fsp3) is 0.600. The van der Waals surface area contributed by atoms with Crippen LogP contribution in [0.15, 0.2) is 30.5 Å². The summed E-state index contributed by atoms with van der Waals surface area (Å²) in [5.41, 5.74) is 1.06. The summed E-state index contributed by atoms with van der Waals surface area (Å²) in [5.74, 6) is 1.60. The summed E-state index contributed by atoms with van der Waals surface area (Å²) >= 11 is 0. The van der Waals surface area contributed by atoms with Crippen molar-refractivity contribution in [2.45, 2.75) is 26.4 Å². The Kier molecular flexibility index (Phi) is 6.34. The number of aliphatic hydroxyl groups excluding tert-OH is 1. The lowest BCUT2D eigenvalue weighted by Gasteiger charge is -2.35. The van der Waals surface area contributed by atoms with Crippen molar-refractivity contribution in [3.8, 4) is 5.75 Å². The largest absolute Gasteiger partial charge is 0.490 e. The van der Waals surface area contributed by atoms with E-state index in [1.54, 1.807) is 0 Å². The number of H-pyrrole nitrogens is 1. The van der Waals surface area contributed by atoms with Crippen LogP contribution in [0, 0.1) is 5.92 Å². The Labute approximate surface area is 150 Å². The molecule has 0 aliphatic carbocycles. The second-order valence-electron chi connectivity index (χ2n) is 7.48. The van der Waals surface area contributed by atoms with Gasteiger partial charge in [-0.1, -0.05) is 19.9 Å². The Bertz CT molecular complexity index is 647. The molecule has 2 aromatic rings. The van der Waals surface area contributed by atoms with E-state index in [1.165, 1.54) is 13.0 Å². The molecule has 0 bridgehead atoms. The van der Waals surface area contributed by atoms with Crippen LogP contribution in [0.25, 0.3) is 10.9 Å². The second kappa shape index (κ2) is 8.70. The van der Waals surface area contributed by atoms with Gasteiger partial charge in [0.15, 0.2) is 0 Å². The second-order valence-corrected chi connectivity index (χ2v) is 7.48. The lowest BCUT2D eigenvalue weighted by molar-refractivity contribution is 0.0457. The molecule has 5 heteroatoms. The minimum atomic E-state index is -0.462. The van der Waals surface area contributed by atoms with E-state index in [0.717, 1.165) is 48.7 Å². The zero-order chi connectivity index (χ0) is 17.6. The number of ether oxygens (including phenoxy) is 1. The van der Waals surface area contributed by atoms with Crippen LogP contribution < -0.4 is 4.74 Å². The Morgan fingerprint density at radius 3 is 2.64 bits per heavy atom. The quantitative estimate of drug-likeness (QED) is 0.772. The van der Waals surface area contributed by atoms with E-state index >= 15 is 0 Å². The Balaban J connectivity index is 1.40. The van der Waals surface area contributed by atoms with Gasteiger partial charge in [-0.25, -0.2) is 0 Å². The first-order chi connectivity index (χ1) is 12.1. The predicted octanol–water partition coefficient (Wildman–Crippen LogP) is 2.57. The first-order valence-electron chi connectivity index (χ1n) is 9.43. The molecule has 1 atom stereocenters. The molecule has 1 saturated heterocycles. The molecule has 3 rings (SSSR count). The van der Waals surface area contributed by atoms with Crippen molar-refractivity contribution in [3.05, 3.63) is 30.5 Å². The maximum Gasteiger partial charge on any atom is 0.128 e. The summed E-state index contributed by atoms with van der Waals surface area (Å²) in [6.07, 6.45) is 2.71. The molecule has 25 heavy (non-hydrogen) atoms. The molecule has 138 valence electrons. The number of rotatable bonds is 8. The number of piperazine rings is 1. The highest BCUT2D eigenvalue weighted by atomic mass is 16.5. The maximum atomic E-state index is 10.3. The van der Waals surface area contributed by atoms with E-state index in [2.05, 4.69) is 28.6 Å². The molecule has 5 nitrogen and oxygen atoms in total. The van der Waals surface area contributed by atoms with Crippen molar-refractivity contribution >= 4 is 10.9 Å². The van der Waals surface area contributed by atoms with Crippen LogP contribution >= 0.6 is 0 Å². The van der Waals surface area contributed by atoms with Gasteiger partial charge in [-0.15, -0.1) is 0 Å². The summed E-state index contributed by atoms with van der Waals surface area (Å²) in [5, 5.41) is 11.4. The van der Waals surface area contributed by atoms with E-state index in [-0.39, 0.29) is 0 Å². The molecule has 2 heterocycles. The number of fused-ring (bicyclic) bond motifs is 1. The van der Waals surface area contributed by atoms with Gasteiger partial charge in [0.1, 0.15) is 18.5 Å². The van der Waals surface area contributed by atoms with Gasteiger partial charge in [-0.2, -0.15) is 0 Å². The van der Waals surface area contributed by atoms with Gasteiger partial charge in [0, 0.05) is 49.8 Å². The summed E-state index contributed by atoms with van der Waals surface area (Å²) in [6.45, 7) is 11.0. The fourth-order valence-electron chi connectivity index (χ4n) is 3.36. The third kappa shape index (κ3) is 5.21. The number of hydrogen-bond acceptors (Lipinski definition) is 4. The van der Waals surface area contributed by atoms with Crippen molar-refractivity contribution in [1.82, 2.24) is 14.8 Å². The zero-order valence-electron chi connectivity index (χ0n) is 15.4. The molecule has 0 radical (unpaired) electrons. The summed E-state index contributed by atoms with van der Waals surface area (Å²) in [4.78, 5) is 8.06. The number of nitrogens with one attached hydrogen (secondary N) is 1. The molecule has 1 aromatic heterocycles. The normalized spacial score (nSPS) is 18.1. The Morgan fingerprint density at radius 1 is 1.12 bits per heavy atom. The van der Waals surface area contributed by atoms with Gasteiger partial charge in [0.2, 0.25) is 0 Å². The number of nitrogens with zero attached hydrogens (tertiary/aromatic N) is 2. The number of aromatic amines is 1. The van der Waals surface area contributed by atoms with Gasteiger partial charge >= 0.3 is 0 Å². The third-order valence-corrected chi connectivity index (χ3v) is 4.94. The maximum absolute atomic E-state index is 10.3. The molecule has 0 amide bonds. The van der Waals surface area contributed by atoms with Crippen LogP contribution in [0.4, 0.5) is 0 Å². The third-order valence-electron chi connectivity index (χ3n) is 4.94. The molecule has 1 aliphatic rings. The van der Waals surface area contributed by atoms with Crippen LogP contribution in [0.5, 0.6) is 5.75 Å². The van der Waals surface area contributed by atoms with E-state index in [1.807, 2.05) is 30.5 Å². The van der Waals surface area contributed by atoms with Crippen molar-refractivity contribution < 1.29 is 9.84 Å². The van der Waals surface area contributed by atoms with Gasteiger partial charge in [0.05, 0.1) is 0 Å². The standard InChI is InChI=1S/C20H31N3O2/c1-16(2)7-9-22-10-12-23(13-11-22)14-17(24)15-25-20-5-3-4-19-18(20)6-8-21-19/h3-6,8,16-17,21,24H,7,9-15H2,1-2H3. The number of aliphatic hydroxyl groups is 1. The number of benzene rings is 1. The van der Waals surface area contributed by atoms with Gasteiger partial charge in [0.25, 0.3) is 0 Å². The molecule has 1 aliphatic heterocycles. The molecule has 1 fully saturated rings. The molecule has 2 N–H and O–H groups in total. The average molecular weight is 345 g/mol. The predicted molar refractivity (Wildman–Crippen MR) is 102 cm³/mol. The lowest BCUT2D eigenvalue weighted by atomic mass is 10.1. The van der Waals surface area contributed by atoms with Crippen LogP contribution in [0.2, 0.25) is 0 Å². The Morgan fingerprint density at radius 2 is 1.88 bits per heavy atom. The Hall–Kier alpha value is -1.56. The van der Waals surface area contributed by atoms with Crippen LogP contribution in [0.3, 0.4) is 0 Å². The van der Waals surface area contributed by atoms with Crippen LogP contribution in [-0.2, 0) is 0 Å². The highest BCUT2D eigenvalue weighted by Crippen LogP contribution is 2.24. The van der Waals surface area contributed by atoms with Crippen LogP contribution in [-0.4, -0.2) is 71.9 Å². The van der Waals surface area contributed by atoms with Gasteiger partial charge in [-0.3, -0.25) is 4.90 Å². The molecular weight excluding hydrogens is 314 g/mol. The molecule has 0 spiro atoms. The van der Waals surface area contributed by atoms with Gasteiger partial charge < -0.3 is 19.7 Å². The average Bonchev–Trinajstić information content (AvgIpc) is 3.08. The minimum absolute atomic E-state index is 0.331. The van der Waals surface area contributed by atoms with Crippen molar-refractivity contribution in [2.24, 2.45) is 5.92 Å². The fourth-order valence-corrected chi connectivity index (χ4v) is 3.36. The molecule has 1 aromatic carbocycles. The summed E-state index contributed by atoms with van der Waals surface area (Å²) < 4.78 is 5.86. The van der Waals surface area contributed by atoms with E-state index in [9.17, 15) is 5.11 Å². The van der Waals surface area contributed by atoms with Crippen molar-refractivity contribution in [1.29, 1.82) is 0 Å². The first kappa shape index (κ1) is 18.2. The number of hydrogen-bond donors (Lipinski definition) is 2. The zero-order valence-corrected chi connectivity index (χ0v) is 15.4. The molecule has 1 unspecified atom stereocenters. The topological polar surface area (TPSA) is 51.7 Å². The molecule has 0 saturated carbocycles. The van der Waals surface area contributed by atoms with Crippen molar-refractivity contribution in [3.63, 3.8) is 0 Å². The van der Waals surface area contributed by atoms with Gasteiger partial charge in [-0.05, 0) is 37.1 Å². The number of aromatic nitrogens is 1.